The molecule has 1 N–H and O–H groups in total. The SMILES string of the molecule is CC1CCCN1S(=O)(=O)c1ccc(OCCO)cc1. The van der Waals surface area contributed by atoms with Gasteiger partial charge in [0.05, 0.1) is 11.5 Å². The molecule has 0 bridgehead atoms. The van der Waals surface area contributed by atoms with Crippen molar-refractivity contribution in [2.45, 2.75) is 30.7 Å². The molecule has 0 aliphatic carbocycles. The summed E-state index contributed by atoms with van der Waals surface area (Å²) in [5.74, 6) is 0.558. The molecule has 5 nitrogen and oxygen atoms in total. The largest absolute Gasteiger partial charge is 0.491 e. The molecule has 0 radical (unpaired) electrons. The Hall–Kier alpha value is -1.11. The van der Waals surface area contributed by atoms with Crippen LogP contribution in [0, 0.1) is 0 Å². The van der Waals surface area contributed by atoms with Crippen molar-refractivity contribution in [3.63, 3.8) is 0 Å². The summed E-state index contributed by atoms with van der Waals surface area (Å²) in [6, 6.07) is 6.39. The van der Waals surface area contributed by atoms with Gasteiger partial charge in [0.2, 0.25) is 10.0 Å². The van der Waals surface area contributed by atoms with Crippen molar-refractivity contribution >= 4 is 10.0 Å². The zero-order valence-electron chi connectivity index (χ0n) is 10.9. The quantitative estimate of drug-likeness (QED) is 0.883. The molecule has 1 aromatic rings. The molecule has 0 saturated carbocycles. The van der Waals surface area contributed by atoms with Gasteiger partial charge in [-0.1, -0.05) is 0 Å². The van der Waals surface area contributed by atoms with Gasteiger partial charge in [-0.2, -0.15) is 4.31 Å². The first-order valence-electron chi connectivity index (χ1n) is 6.41. The average molecular weight is 285 g/mol. The zero-order chi connectivity index (χ0) is 13.9. The molecule has 2 rings (SSSR count). The third-order valence-corrected chi connectivity index (χ3v) is 5.31. The minimum absolute atomic E-state index is 0.0641. The number of hydrogen-bond acceptors (Lipinski definition) is 4. The molecular weight excluding hydrogens is 266 g/mol. The summed E-state index contributed by atoms with van der Waals surface area (Å²) in [7, 11) is -3.40. The maximum Gasteiger partial charge on any atom is 0.243 e. The van der Waals surface area contributed by atoms with E-state index in [1.54, 1.807) is 28.6 Å². The first-order chi connectivity index (χ1) is 9.05. The lowest BCUT2D eigenvalue weighted by atomic mass is 10.3. The first kappa shape index (κ1) is 14.3. The summed E-state index contributed by atoms with van der Waals surface area (Å²) in [6.07, 6.45) is 1.83. The molecule has 1 aliphatic heterocycles. The highest BCUT2D eigenvalue weighted by molar-refractivity contribution is 7.89. The van der Waals surface area contributed by atoms with Crippen LogP contribution in [0.2, 0.25) is 0 Å². The number of hydrogen-bond donors (Lipinski definition) is 1. The van der Waals surface area contributed by atoms with Gasteiger partial charge in [0.1, 0.15) is 12.4 Å². The lowest BCUT2D eigenvalue weighted by Crippen LogP contribution is -2.33. The number of rotatable bonds is 5. The Morgan fingerprint density at radius 1 is 1.37 bits per heavy atom. The lowest BCUT2D eigenvalue weighted by molar-refractivity contribution is 0.201. The Bertz CT molecular complexity index is 512. The minimum atomic E-state index is -3.40. The molecule has 1 unspecified atom stereocenters. The molecule has 1 saturated heterocycles. The average Bonchev–Trinajstić information content (AvgIpc) is 2.84. The van der Waals surface area contributed by atoms with Gasteiger partial charge in [0, 0.05) is 12.6 Å². The lowest BCUT2D eigenvalue weighted by Gasteiger charge is -2.21. The van der Waals surface area contributed by atoms with Gasteiger partial charge in [-0.15, -0.1) is 0 Å². The number of ether oxygens (including phenoxy) is 1. The zero-order valence-corrected chi connectivity index (χ0v) is 11.8. The van der Waals surface area contributed by atoms with Crippen LogP contribution in [-0.4, -0.2) is 43.6 Å². The standard InChI is InChI=1S/C13H19NO4S/c1-11-3-2-8-14(11)19(16,17)13-6-4-12(5-7-13)18-10-9-15/h4-7,11,15H,2-3,8-10H2,1H3. The van der Waals surface area contributed by atoms with Gasteiger partial charge >= 0.3 is 0 Å². The van der Waals surface area contributed by atoms with Gasteiger partial charge < -0.3 is 9.84 Å². The van der Waals surface area contributed by atoms with Crippen LogP contribution in [-0.2, 0) is 10.0 Å². The van der Waals surface area contributed by atoms with Crippen molar-refractivity contribution in [1.29, 1.82) is 0 Å². The van der Waals surface area contributed by atoms with E-state index in [9.17, 15) is 8.42 Å². The smallest absolute Gasteiger partial charge is 0.243 e. The second-order valence-corrected chi connectivity index (χ2v) is 6.54. The molecule has 1 heterocycles. The van der Waals surface area contributed by atoms with Gasteiger partial charge in [-0.25, -0.2) is 8.42 Å². The molecule has 1 aromatic carbocycles. The van der Waals surface area contributed by atoms with Crippen molar-refractivity contribution in [2.75, 3.05) is 19.8 Å². The van der Waals surface area contributed by atoms with Crippen LogP contribution in [0.5, 0.6) is 5.75 Å². The predicted octanol–water partition coefficient (Wildman–Crippen LogP) is 1.23. The van der Waals surface area contributed by atoms with E-state index in [1.807, 2.05) is 6.92 Å². The molecule has 19 heavy (non-hydrogen) atoms. The number of aliphatic hydroxyl groups is 1. The van der Waals surface area contributed by atoms with Crippen molar-refractivity contribution in [2.24, 2.45) is 0 Å². The fraction of sp³-hybridized carbons (Fsp3) is 0.538. The second kappa shape index (κ2) is 5.90. The fourth-order valence-corrected chi connectivity index (χ4v) is 3.97. The van der Waals surface area contributed by atoms with Crippen molar-refractivity contribution in [3.05, 3.63) is 24.3 Å². The summed E-state index contributed by atoms with van der Waals surface area (Å²) in [5, 5.41) is 8.66. The Morgan fingerprint density at radius 2 is 2.05 bits per heavy atom. The molecule has 1 aliphatic rings. The Labute approximate surface area is 113 Å². The van der Waals surface area contributed by atoms with E-state index in [2.05, 4.69) is 0 Å². The van der Waals surface area contributed by atoms with Crippen molar-refractivity contribution < 1.29 is 18.3 Å². The maximum absolute atomic E-state index is 12.4. The summed E-state index contributed by atoms with van der Waals surface area (Å²) >= 11 is 0. The highest BCUT2D eigenvalue weighted by atomic mass is 32.2. The highest BCUT2D eigenvalue weighted by Gasteiger charge is 2.32. The van der Waals surface area contributed by atoms with E-state index >= 15 is 0 Å². The van der Waals surface area contributed by atoms with Crippen LogP contribution in [0.4, 0.5) is 0 Å². The maximum atomic E-state index is 12.4. The molecule has 0 aromatic heterocycles. The van der Waals surface area contributed by atoms with Gasteiger partial charge in [0.25, 0.3) is 0 Å². The fourth-order valence-electron chi connectivity index (χ4n) is 2.27. The molecule has 1 atom stereocenters. The van der Waals surface area contributed by atoms with Gasteiger partial charge in [-0.3, -0.25) is 0 Å². The normalized spacial score (nSPS) is 20.6. The molecule has 0 amide bonds. The first-order valence-corrected chi connectivity index (χ1v) is 7.85. The van der Waals surface area contributed by atoms with Gasteiger partial charge in [-0.05, 0) is 44.0 Å². The molecule has 0 spiro atoms. The van der Waals surface area contributed by atoms with Crippen molar-refractivity contribution in [1.82, 2.24) is 4.31 Å². The van der Waals surface area contributed by atoms with E-state index in [-0.39, 0.29) is 24.2 Å². The molecular formula is C13H19NO4S. The number of nitrogens with zero attached hydrogens (tertiary/aromatic N) is 1. The van der Waals surface area contributed by atoms with Crippen LogP contribution < -0.4 is 4.74 Å². The molecule has 106 valence electrons. The van der Waals surface area contributed by atoms with Gasteiger partial charge in [0.15, 0.2) is 0 Å². The van der Waals surface area contributed by atoms with E-state index in [1.165, 1.54) is 0 Å². The summed E-state index contributed by atoms with van der Waals surface area (Å²) in [4.78, 5) is 0.289. The highest BCUT2D eigenvalue weighted by Crippen LogP contribution is 2.26. The summed E-state index contributed by atoms with van der Waals surface area (Å²) < 4.78 is 31.6. The molecule has 6 heteroatoms. The minimum Gasteiger partial charge on any atom is -0.491 e. The van der Waals surface area contributed by atoms with Crippen LogP contribution in [0.15, 0.2) is 29.2 Å². The van der Waals surface area contributed by atoms with E-state index in [0.717, 1.165) is 12.8 Å². The van der Waals surface area contributed by atoms with Crippen LogP contribution >= 0.6 is 0 Å². The summed E-state index contributed by atoms with van der Waals surface area (Å²) in [5.41, 5.74) is 0. The number of benzene rings is 1. The van der Waals surface area contributed by atoms with Crippen LogP contribution in [0.1, 0.15) is 19.8 Å². The third kappa shape index (κ3) is 3.08. The number of aliphatic hydroxyl groups excluding tert-OH is 1. The Balaban J connectivity index is 2.16. The van der Waals surface area contributed by atoms with E-state index in [0.29, 0.717) is 12.3 Å². The molecule has 1 fully saturated rings. The van der Waals surface area contributed by atoms with E-state index < -0.39 is 10.0 Å². The number of sulfonamides is 1. The van der Waals surface area contributed by atoms with Crippen LogP contribution in [0.25, 0.3) is 0 Å². The Morgan fingerprint density at radius 3 is 2.58 bits per heavy atom. The second-order valence-electron chi connectivity index (χ2n) is 4.65. The van der Waals surface area contributed by atoms with Crippen LogP contribution in [0.3, 0.4) is 0 Å². The van der Waals surface area contributed by atoms with Crippen molar-refractivity contribution in [3.8, 4) is 5.75 Å². The summed E-state index contributed by atoms with van der Waals surface area (Å²) in [6.45, 7) is 2.66. The Kier molecular flexibility index (Phi) is 4.44. The topological polar surface area (TPSA) is 66.8 Å². The predicted molar refractivity (Wildman–Crippen MR) is 71.6 cm³/mol. The monoisotopic (exact) mass is 285 g/mol. The van der Waals surface area contributed by atoms with E-state index in [4.69, 9.17) is 9.84 Å². The third-order valence-electron chi connectivity index (χ3n) is 3.28.